The summed E-state index contributed by atoms with van der Waals surface area (Å²) < 4.78 is 10.7. The number of carbonyl (C=O) groups is 3. The van der Waals surface area contributed by atoms with Crippen LogP contribution >= 0.6 is 0 Å². The highest BCUT2D eigenvalue weighted by Gasteiger charge is 2.24. The minimum absolute atomic E-state index is 0.0984. The van der Waals surface area contributed by atoms with E-state index in [1.165, 1.54) is 7.11 Å². The lowest BCUT2D eigenvalue weighted by molar-refractivity contribution is -0.120. The van der Waals surface area contributed by atoms with E-state index in [2.05, 4.69) is 5.32 Å². The van der Waals surface area contributed by atoms with E-state index in [0.29, 0.717) is 43.7 Å². The number of hydrogen-bond acceptors (Lipinski definition) is 8. The number of nitrogens with two attached hydrogens (primary N) is 3. The lowest BCUT2D eigenvalue weighted by Gasteiger charge is -2.19. The molecule has 0 aliphatic heterocycles. The molecular formula is C30H44N4O5. The van der Waals surface area contributed by atoms with Gasteiger partial charge in [0.1, 0.15) is 11.5 Å². The molecule has 2 atom stereocenters. The van der Waals surface area contributed by atoms with Gasteiger partial charge in [0, 0.05) is 12.8 Å². The highest BCUT2D eigenvalue weighted by molar-refractivity contribution is 6.00. The largest absolute Gasteiger partial charge is 0.496 e. The Morgan fingerprint density at radius 1 is 0.795 bits per heavy atom. The SMILES string of the molecule is COc1ccc(CC(=O)[C@H](CCCCN)NC(=O)c2cc(CC(=O)[C@@H](N)CCCCN)ccc2OC)cc1C. The van der Waals surface area contributed by atoms with Crippen LogP contribution in [0.2, 0.25) is 0 Å². The minimum Gasteiger partial charge on any atom is -0.496 e. The van der Waals surface area contributed by atoms with Crippen LogP contribution in [0.3, 0.4) is 0 Å². The second-order valence-corrected chi connectivity index (χ2v) is 9.83. The van der Waals surface area contributed by atoms with Gasteiger partial charge in [-0.1, -0.05) is 24.6 Å². The Balaban J connectivity index is 2.19. The first-order valence-electron chi connectivity index (χ1n) is 13.6. The van der Waals surface area contributed by atoms with Crippen LogP contribution in [-0.2, 0) is 22.4 Å². The van der Waals surface area contributed by atoms with Crippen LogP contribution in [0.1, 0.15) is 65.6 Å². The molecule has 2 aromatic rings. The number of ether oxygens (including phenoxy) is 2. The summed E-state index contributed by atoms with van der Waals surface area (Å²) in [5.41, 5.74) is 19.9. The maximum absolute atomic E-state index is 13.4. The quantitative estimate of drug-likeness (QED) is 0.210. The molecule has 0 saturated heterocycles. The summed E-state index contributed by atoms with van der Waals surface area (Å²) in [4.78, 5) is 39.4. The molecule has 0 radical (unpaired) electrons. The first-order valence-corrected chi connectivity index (χ1v) is 13.6. The summed E-state index contributed by atoms with van der Waals surface area (Å²) in [6.07, 6.45) is 4.35. The van der Waals surface area contributed by atoms with Crippen LogP contribution in [0.5, 0.6) is 11.5 Å². The molecule has 0 spiro atoms. The highest BCUT2D eigenvalue weighted by Crippen LogP contribution is 2.22. The summed E-state index contributed by atoms with van der Waals surface area (Å²) in [6.45, 7) is 2.99. The number of hydrogen-bond donors (Lipinski definition) is 4. The van der Waals surface area contributed by atoms with Gasteiger partial charge in [0.25, 0.3) is 5.91 Å². The van der Waals surface area contributed by atoms with E-state index in [1.54, 1.807) is 25.3 Å². The van der Waals surface area contributed by atoms with E-state index < -0.39 is 18.0 Å². The van der Waals surface area contributed by atoms with Crippen LogP contribution in [-0.4, -0.2) is 56.9 Å². The molecule has 9 heteroatoms. The van der Waals surface area contributed by atoms with E-state index in [1.807, 2.05) is 25.1 Å². The van der Waals surface area contributed by atoms with Crippen LogP contribution in [0.15, 0.2) is 36.4 Å². The molecule has 2 aromatic carbocycles. The monoisotopic (exact) mass is 540 g/mol. The van der Waals surface area contributed by atoms with E-state index in [9.17, 15) is 14.4 Å². The molecule has 2 rings (SSSR count). The molecule has 0 bridgehead atoms. The Morgan fingerprint density at radius 2 is 1.36 bits per heavy atom. The van der Waals surface area contributed by atoms with E-state index >= 15 is 0 Å². The number of nitrogens with one attached hydrogen (secondary N) is 1. The average molecular weight is 541 g/mol. The molecule has 0 aliphatic carbocycles. The van der Waals surface area contributed by atoms with Gasteiger partial charge < -0.3 is 32.0 Å². The van der Waals surface area contributed by atoms with Crippen molar-refractivity contribution < 1.29 is 23.9 Å². The predicted molar refractivity (Wildman–Crippen MR) is 153 cm³/mol. The number of benzene rings is 2. The Bertz CT molecular complexity index is 1100. The van der Waals surface area contributed by atoms with Gasteiger partial charge in [-0.05, 0) is 87.0 Å². The number of Topliss-reactive ketones (excluding diaryl/α,β-unsaturated/α-hetero) is 2. The van der Waals surface area contributed by atoms with Crippen molar-refractivity contribution in [1.82, 2.24) is 5.32 Å². The van der Waals surface area contributed by atoms with E-state index in [4.69, 9.17) is 26.7 Å². The molecule has 214 valence electrons. The number of methoxy groups -OCH3 is 2. The number of amides is 1. The van der Waals surface area contributed by atoms with E-state index in [-0.39, 0.29) is 30.0 Å². The van der Waals surface area contributed by atoms with Crippen molar-refractivity contribution in [1.29, 1.82) is 0 Å². The normalized spacial score (nSPS) is 12.5. The van der Waals surface area contributed by atoms with Crippen molar-refractivity contribution in [2.45, 2.75) is 70.4 Å². The van der Waals surface area contributed by atoms with Gasteiger partial charge in [-0.3, -0.25) is 14.4 Å². The van der Waals surface area contributed by atoms with Crippen molar-refractivity contribution in [2.75, 3.05) is 27.3 Å². The fraction of sp³-hybridized carbons (Fsp3) is 0.500. The van der Waals surface area contributed by atoms with E-state index in [0.717, 1.165) is 36.1 Å². The average Bonchev–Trinajstić information content (AvgIpc) is 2.92. The lowest BCUT2D eigenvalue weighted by atomic mass is 9.96. The topological polar surface area (TPSA) is 160 Å². The van der Waals surface area contributed by atoms with Gasteiger partial charge >= 0.3 is 0 Å². The minimum atomic E-state index is -0.697. The van der Waals surface area contributed by atoms with Gasteiger partial charge in [0.2, 0.25) is 0 Å². The van der Waals surface area contributed by atoms with Gasteiger partial charge in [0.15, 0.2) is 11.6 Å². The number of rotatable bonds is 18. The second kappa shape index (κ2) is 16.6. The zero-order valence-electron chi connectivity index (χ0n) is 23.5. The third kappa shape index (κ3) is 10.1. The molecule has 0 unspecified atom stereocenters. The molecule has 7 N–H and O–H groups in total. The molecule has 1 amide bonds. The summed E-state index contributed by atoms with van der Waals surface area (Å²) >= 11 is 0. The standard InChI is InChI=1S/C30H44N4O5/c1-20-16-21(10-12-28(20)38-2)19-27(36)25(9-5-7-15-32)34-30(37)23-17-22(11-13-29(23)39-3)18-26(35)24(33)8-4-6-14-31/h10-13,16-17,24-25H,4-9,14-15,18-19,31-33H2,1-3H3,(H,34,37)/t24-,25-/m0/s1. The third-order valence-corrected chi connectivity index (χ3v) is 6.75. The molecular weight excluding hydrogens is 496 g/mol. The first kappa shape index (κ1) is 31.9. The van der Waals surface area contributed by atoms with Crippen LogP contribution in [0, 0.1) is 6.92 Å². The van der Waals surface area contributed by atoms with Crippen LogP contribution in [0.4, 0.5) is 0 Å². The first-order chi connectivity index (χ1) is 18.7. The van der Waals surface area contributed by atoms with Crippen molar-refractivity contribution >= 4 is 17.5 Å². The lowest BCUT2D eigenvalue weighted by Crippen LogP contribution is -2.42. The van der Waals surface area contributed by atoms with Crippen molar-refractivity contribution in [3.63, 3.8) is 0 Å². The van der Waals surface area contributed by atoms with Crippen molar-refractivity contribution in [2.24, 2.45) is 17.2 Å². The maximum Gasteiger partial charge on any atom is 0.255 e. The molecule has 0 heterocycles. The maximum atomic E-state index is 13.4. The van der Waals surface area contributed by atoms with Gasteiger partial charge in [-0.2, -0.15) is 0 Å². The number of carbonyl (C=O) groups excluding carboxylic acids is 3. The fourth-order valence-corrected chi connectivity index (χ4v) is 4.46. The number of aryl methyl sites for hydroxylation is 1. The summed E-state index contributed by atoms with van der Waals surface area (Å²) in [7, 11) is 3.08. The zero-order valence-corrected chi connectivity index (χ0v) is 23.5. The second-order valence-electron chi connectivity index (χ2n) is 9.83. The predicted octanol–water partition coefficient (Wildman–Crippen LogP) is 2.62. The smallest absolute Gasteiger partial charge is 0.255 e. The third-order valence-electron chi connectivity index (χ3n) is 6.75. The number of ketones is 2. The molecule has 0 aromatic heterocycles. The van der Waals surface area contributed by atoms with Gasteiger partial charge in [-0.15, -0.1) is 0 Å². The van der Waals surface area contributed by atoms with Crippen molar-refractivity contribution in [3.8, 4) is 11.5 Å². The molecule has 0 aliphatic rings. The summed E-state index contributed by atoms with van der Waals surface area (Å²) in [5.74, 6) is 0.466. The van der Waals surface area contributed by atoms with Crippen LogP contribution < -0.4 is 32.0 Å². The zero-order chi connectivity index (χ0) is 28.8. The van der Waals surface area contributed by atoms with Gasteiger partial charge in [0.05, 0.1) is 31.9 Å². The fourth-order valence-electron chi connectivity index (χ4n) is 4.46. The van der Waals surface area contributed by atoms with Gasteiger partial charge in [-0.25, -0.2) is 0 Å². The summed E-state index contributed by atoms with van der Waals surface area (Å²) in [5, 5.41) is 2.91. The Kier molecular flexibility index (Phi) is 13.6. The molecule has 0 saturated carbocycles. The Labute approximate surface area is 231 Å². The Morgan fingerprint density at radius 3 is 1.95 bits per heavy atom. The molecule has 9 nitrogen and oxygen atoms in total. The Hall–Kier alpha value is -3.27. The summed E-state index contributed by atoms with van der Waals surface area (Å²) in [6, 6.07) is 9.36. The van der Waals surface area contributed by atoms with Crippen LogP contribution in [0.25, 0.3) is 0 Å². The molecule has 39 heavy (non-hydrogen) atoms. The number of unbranched alkanes of at least 4 members (excludes halogenated alkanes) is 2. The van der Waals surface area contributed by atoms with Crippen molar-refractivity contribution in [3.05, 3.63) is 58.7 Å². The molecule has 0 fully saturated rings. The highest BCUT2D eigenvalue weighted by atomic mass is 16.5.